The van der Waals surface area contributed by atoms with Gasteiger partial charge in [-0.3, -0.25) is 0 Å². The molecule has 2 unspecified atom stereocenters. The number of hydrogen-bond acceptors (Lipinski definition) is 3. The van der Waals surface area contributed by atoms with Gasteiger partial charge in [-0.15, -0.1) is 0 Å². The summed E-state index contributed by atoms with van der Waals surface area (Å²) >= 11 is 0. The van der Waals surface area contributed by atoms with Gasteiger partial charge in [0, 0.05) is 0 Å². The fourth-order valence-electron chi connectivity index (χ4n) is 2.93. The van der Waals surface area contributed by atoms with Crippen molar-refractivity contribution in [3.8, 4) is 5.75 Å². The predicted molar refractivity (Wildman–Crippen MR) is 84.0 cm³/mol. The molecule has 1 aliphatic rings. The number of rotatable bonds is 4. The summed E-state index contributed by atoms with van der Waals surface area (Å²) in [5.74, 6) is 1.66. The third-order valence-electron chi connectivity index (χ3n) is 4.11. The third-order valence-corrected chi connectivity index (χ3v) is 5.02. The van der Waals surface area contributed by atoms with E-state index < -0.39 is 10.0 Å². The largest absolute Gasteiger partial charge is 0.490 e. The van der Waals surface area contributed by atoms with Crippen molar-refractivity contribution in [2.75, 3.05) is 0 Å². The Morgan fingerprint density at radius 1 is 1.29 bits per heavy atom. The lowest BCUT2D eigenvalue weighted by atomic mass is 9.88. The van der Waals surface area contributed by atoms with Gasteiger partial charge >= 0.3 is 0 Å². The number of primary sulfonamides is 1. The first-order chi connectivity index (χ1) is 9.77. The van der Waals surface area contributed by atoms with Crippen molar-refractivity contribution in [3.05, 3.63) is 23.8 Å². The van der Waals surface area contributed by atoms with Crippen molar-refractivity contribution >= 4 is 10.0 Å². The van der Waals surface area contributed by atoms with Gasteiger partial charge in [0.2, 0.25) is 10.0 Å². The number of benzene rings is 1. The molecule has 0 heterocycles. The van der Waals surface area contributed by atoms with Crippen LogP contribution in [0.15, 0.2) is 23.1 Å². The maximum absolute atomic E-state index is 11.5. The fourth-order valence-corrected chi connectivity index (χ4v) is 3.48. The number of sulfonamides is 1. The molecule has 1 aliphatic carbocycles. The molecule has 1 aromatic rings. The molecule has 2 rings (SSSR count). The summed E-state index contributed by atoms with van der Waals surface area (Å²) in [6.45, 7) is 6.31. The number of hydrogen-bond donors (Lipinski definition) is 1. The van der Waals surface area contributed by atoms with Gasteiger partial charge in [0.25, 0.3) is 0 Å². The molecule has 0 spiro atoms. The van der Waals surface area contributed by atoms with Crippen molar-refractivity contribution in [2.24, 2.45) is 11.1 Å². The average molecular weight is 311 g/mol. The van der Waals surface area contributed by atoms with Gasteiger partial charge in [0.05, 0.1) is 11.0 Å². The van der Waals surface area contributed by atoms with Crippen molar-refractivity contribution in [1.82, 2.24) is 0 Å². The van der Waals surface area contributed by atoms with Gasteiger partial charge in [0.1, 0.15) is 5.75 Å². The second-order valence-electron chi connectivity index (χ2n) is 6.41. The molecule has 1 aromatic carbocycles. The summed E-state index contributed by atoms with van der Waals surface area (Å²) in [4.78, 5) is 0.149. The van der Waals surface area contributed by atoms with Crippen LogP contribution in [0.2, 0.25) is 0 Å². The van der Waals surface area contributed by atoms with E-state index in [4.69, 9.17) is 9.88 Å². The molecular weight excluding hydrogens is 286 g/mol. The van der Waals surface area contributed by atoms with E-state index in [-0.39, 0.29) is 16.9 Å². The van der Waals surface area contributed by atoms with Gasteiger partial charge in [-0.1, -0.05) is 27.2 Å². The van der Waals surface area contributed by atoms with Crippen LogP contribution in [0.3, 0.4) is 0 Å². The Bertz CT molecular complexity index is 596. The lowest BCUT2D eigenvalue weighted by molar-refractivity contribution is 0.127. The lowest BCUT2D eigenvalue weighted by Gasteiger charge is -2.28. The molecular formula is C16H25NO3S. The smallest absolute Gasteiger partial charge is 0.238 e. The molecule has 2 N–H and O–H groups in total. The van der Waals surface area contributed by atoms with Crippen LogP contribution in [0, 0.1) is 5.92 Å². The monoisotopic (exact) mass is 311 g/mol. The van der Waals surface area contributed by atoms with E-state index in [9.17, 15) is 8.42 Å². The van der Waals surface area contributed by atoms with E-state index in [1.165, 1.54) is 18.9 Å². The molecule has 5 heteroatoms. The standard InChI is InChI=1S/C16H25NO3S/c1-11(2)15-10-14(21(17,18)19)7-8-16(15)20-13-6-4-5-12(3)9-13/h7-8,10-13H,4-6,9H2,1-3H3,(H2,17,18,19). The highest BCUT2D eigenvalue weighted by atomic mass is 32.2. The summed E-state index contributed by atoms with van der Waals surface area (Å²) in [5, 5.41) is 5.21. The molecule has 0 bridgehead atoms. The van der Waals surface area contributed by atoms with Crippen LogP contribution in [0.1, 0.15) is 57.9 Å². The van der Waals surface area contributed by atoms with Crippen LogP contribution in [0.5, 0.6) is 5.75 Å². The molecule has 0 amide bonds. The second-order valence-corrected chi connectivity index (χ2v) is 7.97. The molecule has 4 nitrogen and oxygen atoms in total. The molecule has 0 aromatic heterocycles. The first kappa shape index (κ1) is 16.3. The van der Waals surface area contributed by atoms with E-state index in [1.54, 1.807) is 12.1 Å². The van der Waals surface area contributed by atoms with Crippen molar-refractivity contribution in [3.63, 3.8) is 0 Å². The van der Waals surface area contributed by atoms with Gasteiger partial charge in [0.15, 0.2) is 0 Å². The zero-order valence-electron chi connectivity index (χ0n) is 13.0. The quantitative estimate of drug-likeness (QED) is 0.926. The zero-order valence-corrected chi connectivity index (χ0v) is 13.8. The Balaban J connectivity index is 2.26. The predicted octanol–water partition coefficient (Wildman–Crippen LogP) is 3.41. The average Bonchev–Trinajstić information content (AvgIpc) is 2.37. The maximum atomic E-state index is 11.5. The van der Waals surface area contributed by atoms with Crippen LogP contribution >= 0.6 is 0 Å². The Hall–Kier alpha value is -1.07. The minimum atomic E-state index is -3.67. The summed E-state index contributed by atoms with van der Waals surface area (Å²) in [7, 11) is -3.67. The van der Waals surface area contributed by atoms with Gasteiger partial charge < -0.3 is 4.74 Å². The molecule has 2 atom stereocenters. The lowest BCUT2D eigenvalue weighted by Crippen LogP contribution is -2.24. The van der Waals surface area contributed by atoms with Crippen LogP contribution in [0.25, 0.3) is 0 Å². The summed E-state index contributed by atoms with van der Waals surface area (Å²) in [5.41, 5.74) is 0.903. The molecule has 1 fully saturated rings. The Kier molecular flexibility index (Phi) is 4.94. The molecule has 0 saturated heterocycles. The highest BCUT2D eigenvalue weighted by Gasteiger charge is 2.22. The molecule has 118 valence electrons. The van der Waals surface area contributed by atoms with E-state index >= 15 is 0 Å². The second kappa shape index (κ2) is 6.36. The number of nitrogens with two attached hydrogens (primary N) is 1. The zero-order chi connectivity index (χ0) is 15.6. The summed E-state index contributed by atoms with van der Waals surface area (Å²) < 4.78 is 29.1. The van der Waals surface area contributed by atoms with E-state index in [0.717, 1.165) is 24.2 Å². The van der Waals surface area contributed by atoms with Crippen molar-refractivity contribution in [1.29, 1.82) is 0 Å². The first-order valence-corrected chi connectivity index (χ1v) is 9.15. The molecule has 21 heavy (non-hydrogen) atoms. The van der Waals surface area contributed by atoms with Gasteiger partial charge in [-0.2, -0.15) is 0 Å². The molecule has 1 saturated carbocycles. The summed E-state index contributed by atoms with van der Waals surface area (Å²) in [6, 6.07) is 4.92. The summed E-state index contributed by atoms with van der Waals surface area (Å²) in [6.07, 6.45) is 4.82. The molecule has 0 aliphatic heterocycles. The number of ether oxygens (including phenoxy) is 1. The van der Waals surface area contributed by atoms with Crippen molar-refractivity contribution < 1.29 is 13.2 Å². The molecule has 0 radical (unpaired) electrons. The Morgan fingerprint density at radius 2 is 2.00 bits per heavy atom. The first-order valence-electron chi connectivity index (χ1n) is 7.60. The topological polar surface area (TPSA) is 69.4 Å². The van der Waals surface area contributed by atoms with E-state index in [1.807, 2.05) is 13.8 Å². The van der Waals surface area contributed by atoms with Crippen LogP contribution in [-0.2, 0) is 10.0 Å². The Morgan fingerprint density at radius 3 is 2.57 bits per heavy atom. The van der Waals surface area contributed by atoms with E-state index in [2.05, 4.69) is 6.92 Å². The maximum Gasteiger partial charge on any atom is 0.238 e. The minimum Gasteiger partial charge on any atom is -0.490 e. The minimum absolute atomic E-state index is 0.149. The third kappa shape index (κ3) is 4.20. The van der Waals surface area contributed by atoms with Gasteiger partial charge in [-0.25, -0.2) is 13.6 Å². The highest BCUT2D eigenvalue weighted by Crippen LogP contribution is 2.33. The van der Waals surface area contributed by atoms with Crippen molar-refractivity contribution in [2.45, 2.75) is 63.4 Å². The highest BCUT2D eigenvalue weighted by molar-refractivity contribution is 7.89. The van der Waals surface area contributed by atoms with Crippen LogP contribution < -0.4 is 9.88 Å². The SMILES string of the molecule is CC1CCCC(Oc2ccc(S(N)(=O)=O)cc2C(C)C)C1. The van der Waals surface area contributed by atoms with Crippen LogP contribution in [0.4, 0.5) is 0 Å². The Labute approximate surface area is 127 Å². The van der Waals surface area contributed by atoms with E-state index in [0.29, 0.717) is 5.92 Å². The van der Waals surface area contributed by atoms with Crippen LogP contribution in [-0.4, -0.2) is 14.5 Å². The van der Waals surface area contributed by atoms with Gasteiger partial charge in [-0.05, 0) is 54.9 Å². The fraction of sp³-hybridized carbons (Fsp3) is 0.625. The normalized spacial score (nSPS) is 23.3.